The minimum Gasteiger partial charge on any atom is -0.353 e. The van der Waals surface area contributed by atoms with Gasteiger partial charge in [-0.15, -0.1) is 0 Å². The molecule has 3 heteroatoms. The smallest absolute Gasteiger partial charge is 0.224 e. The Morgan fingerprint density at radius 2 is 1.96 bits per heavy atom. The van der Waals surface area contributed by atoms with E-state index in [2.05, 4.69) is 47.3 Å². The van der Waals surface area contributed by atoms with Gasteiger partial charge in [-0.25, -0.2) is 0 Å². The molecule has 0 unspecified atom stereocenters. The van der Waals surface area contributed by atoms with Gasteiger partial charge >= 0.3 is 0 Å². The molecule has 0 bridgehead atoms. The molecule has 1 aliphatic rings. The summed E-state index contributed by atoms with van der Waals surface area (Å²) in [7, 11) is 0. The topological polar surface area (TPSA) is 34.0 Å². The summed E-state index contributed by atoms with van der Waals surface area (Å²) in [5.41, 5.74) is 2.42. The number of fused-ring (bicyclic) bond motifs is 1. The monoisotopic (exact) mass is 326 g/mol. The highest BCUT2D eigenvalue weighted by atomic mass is 16.1. The number of para-hydroxylation sites is 1. The van der Waals surface area contributed by atoms with Crippen LogP contribution in [0.2, 0.25) is 0 Å². The highest BCUT2D eigenvalue weighted by Crippen LogP contribution is 2.23. The average molecular weight is 326 g/mol. The molecule has 1 aliphatic carbocycles. The lowest BCUT2D eigenvalue weighted by Gasteiger charge is -2.22. The molecule has 3 nitrogen and oxygen atoms in total. The van der Waals surface area contributed by atoms with Gasteiger partial charge in [0.2, 0.25) is 5.91 Å². The van der Waals surface area contributed by atoms with Crippen molar-refractivity contribution in [1.29, 1.82) is 0 Å². The SMILES string of the molecule is CCCCCn1cc(CC(=O)NC2CCCCC2)c2ccccc21. The second kappa shape index (κ2) is 8.36. The molecular formula is C21H30N2O. The Balaban J connectivity index is 1.70. The summed E-state index contributed by atoms with van der Waals surface area (Å²) in [5.74, 6) is 0.179. The largest absolute Gasteiger partial charge is 0.353 e. The second-order valence-corrected chi connectivity index (χ2v) is 7.15. The Morgan fingerprint density at radius 1 is 1.17 bits per heavy atom. The number of amides is 1. The zero-order valence-corrected chi connectivity index (χ0v) is 14.9. The first-order valence-corrected chi connectivity index (χ1v) is 9.64. The number of nitrogens with one attached hydrogen (secondary N) is 1. The fourth-order valence-electron chi connectivity index (χ4n) is 3.88. The molecule has 0 atom stereocenters. The summed E-state index contributed by atoms with van der Waals surface area (Å²) in [6.45, 7) is 3.27. The Hall–Kier alpha value is -1.77. The van der Waals surface area contributed by atoms with E-state index in [1.165, 1.54) is 49.4 Å². The van der Waals surface area contributed by atoms with Gasteiger partial charge in [-0.2, -0.15) is 0 Å². The Morgan fingerprint density at radius 3 is 2.75 bits per heavy atom. The van der Waals surface area contributed by atoms with Crippen LogP contribution < -0.4 is 5.32 Å². The number of nitrogens with zero attached hydrogens (tertiary/aromatic N) is 1. The third-order valence-corrected chi connectivity index (χ3v) is 5.19. The van der Waals surface area contributed by atoms with Crippen molar-refractivity contribution >= 4 is 16.8 Å². The lowest BCUT2D eigenvalue weighted by atomic mass is 9.95. The van der Waals surface area contributed by atoms with E-state index in [0.717, 1.165) is 24.9 Å². The average Bonchev–Trinajstić information content (AvgIpc) is 2.94. The summed E-state index contributed by atoms with van der Waals surface area (Å²) >= 11 is 0. The maximum atomic E-state index is 12.5. The van der Waals surface area contributed by atoms with Crippen LogP contribution in [0.25, 0.3) is 10.9 Å². The van der Waals surface area contributed by atoms with E-state index in [1.54, 1.807) is 0 Å². The minimum absolute atomic E-state index is 0.179. The molecule has 1 aromatic heterocycles. The summed E-state index contributed by atoms with van der Waals surface area (Å²) in [5, 5.41) is 4.47. The predicted octanol–water partition coefficient (Wildman–Crippen LogP) is 4.82. The van der Waals surface area contributed by atoms with Gasteiger partial charge in [-0.3, -0.25) is 4.79 Å². The van der Waals surface area contributed by atoms with Crippen molar-refractivity contribution in [2.75, 3.05) is 0 Å². The molecule has 1 N–H and O–H groups in total. The number of hydrogen-bond acceptors (Lipinski definition) is 1. The fraction of sp³-hybridized carbons (Fsp3) is 0.571. The van der Waals surface area contributed by atoms with Gasteiger partial charge in [0.25, 0.3) is 0 Å². The Kier molecular flexibility index (Phi) is 5.95. The number of benzene rings is 1. The number of carbonyl (C=O) groups excluding carboxylic acids is 1. The van der Waals surface area contributed by atoms with E-state index in [0.29, 0.717) is 12.5 Å². The molecule has 2 aromatic rings. The third kappa shape index (κ3) is 4.19. The van der Waals surface area contributed by atoms with E-state index < -0.39 is 0 Å². The summed E-state index contributed by atoms with van der Waals surface area (Å²) < 4.78 is 2.33. The first-order valence-electron chi connectivity index (χ1n) is 9.64. The zero-order chi connectivity index (χ0) is 16.8. The van der Waals surface area contributed by atoms with E-state index in [-0.39, 0.29) is 5.91 Å². The minimum atomic E-state index is 0.179. The second-order valence-electron chi connectivity index (χ2n) is 7.15. The van der Waals surface area contributed by atoms with Gasteiger partial charge in [0.1, 0.15) is 0 Å². The van der Waals surface area contributed by atoms with Crippen LogP contribution in [0.15, 0.2) is 30.5 Å². The van der Waals surface area contributed by atoms with E-state index in [9.17, 15) is 4.79 Å². The molecule has 0 radical (unpaired) electrons. The van der Waals surface area contributed by atoms with Crippen molar-refractivity contribution in [1.82, 2.24) is 9.88 Å². The van der Waals surface area contributed by atoms with E-state index in [4.69, 9.17) is 0 Å². The number of hydrogen-bond donors (Lipinski definition) is 1. The first-order chi connectivity index (χ1) is 11.8. The standard InChI is InChI=1S/C21H30N2O/c1-2-3-9-14-23-16-17(19-12-7-8-13-20(19)23)15-21(24)22-18-10-5-4-6-11-18/h7-8,12-13,16,18H,2-6,9-11,14-15H2,1H3,(H,22,24). The summed E-state index contributed by atoms with van der Waals surface area (Å²) in [6.07, 6.45) is 12.5. The molecule has 1 heterocycles. The van der Waals surface area contributed by atoms with Crippen LogP contribution in [0.4, 0.5) is 0 Å². The van der Waals surface area contributed by atoms with Crippen LogP contribution in [-0.2, 0) is 17.8 Å². The molecule has 1 amide bonds. The highest BCUT2D eigenvalue weighted by molar-refractivity contribution is 5.89. The van der Waals surface area contributed by atoms with Gasteiger partial charge in [0.15, 0.2) is 0 Å². The number of unbranched alkanes of at least 4 members (excludes halogenated alkanes) is 2. The molecule has 3 rings (SSSR count). The molecule has 24 heavy (non-hydrogen) atoms. The molecule has 1 fully saturated rings. The lowest BCUT2D eigenvalue weighted by molar-refractivity contribution is -0.121. The summed E-state index contributed by atoms with van der Waals surface area (Å²) in [4.78, 5) is 12.5. The van der Waals surface area contributed by atoms with Gasteiger partial charge in [-0.05, 0) is 30.9 Å². The molecule has 1 aromatic carbocycles. The number of aryl methyl sites for hydroxylation is 1. The van der Waals surface area contributed by atoms with E-state index in [1.807, 2.05) is 0 Å². The van der Waals surface area contributed by atoms with Crippen LogP contribution in [-0.4, -0.2) is 16.5 Å². The maximum Gasteiger partial charge on any atom is 0.224 e. The Labute approximate surface area is 145 Å². The van der Waals surface area contributed by atoms with Gasteiger partial charge in [-0.1, -0.05) is 57.2 Å². The molecule has 1 saturated carbocycles. The molecule has 0 aliphatic heterocycles. The van der Waals surface area contributed by atoms with Gasteiger partial charge in [0, 0.05) is 29.7 Å². The molecule has 0 saturated heterocycles. The summed E-state index contributed by atoms with van der Waals surface area (Å²) in [6, 6.07) is 8.87. The van der Waals surface area contributed by atoms with E-state index >= 15 is 0 Å². The fourth-order valence-corrected chi connectivity index (χ4v) is 3.88. The first kappa shape index (κ1) is 17.1. The number of carbonyl (C=O) groups is 1. The normalized spacial score (nSPS) is 15.7. The quantitative estimate of drug-likeness (QED) is 0.727. The third-order valence-electron chi connectivity index (χ3n) is 5.19. The van der Waals surface area contributed by atoms with Crippen molar-refractivity contribution in [3.8, 4) is 0 Å². The van der Waals surface area contributed by atoms with Crippen LogP contribution in [0.3, 0.4) is 0 Å². The van der Waals surface area contributed by atoms with Crippen molar-refractivity contribution in [3.05, 3.63) is 36.0 Å². The number of rotatable bonds is 7. The van der Waals surface area contributed by atoms with Crippen molar-refractivity contribution in [2.45, 2.75) is 77.3 Å². The molecular weight excluding hydrogens is 296 g/mol. The molecule has 0 spiro atoms. The lowest BCUT2D eigenvalue weighted by Crippen LogP contribution is -2.37. The van der Waals surface area contributed by atoms with Crippen LogP contribution in [0, 0.1) is 0 Å². The van der Waals surface area contributed by atoms with Crippen LogP contribution in [0.1, 0.15) is 63.9 Å². The molecule has 130 valence electrons. The Bertz CT molecular complexity index is 668. The van der Waals surface area contributed by atoms with Crippen LogP contribution in [0.5, 0.6) is 0 Å². The van der Waals surface area contributed by atoms with Gasteiger partial charge < -0.3 is 9.88 Å². The maximum absolute atomic E-state index is 12.5. The predicted molar refractivity (Wildman–Crippen MR) is 100 cm³/mol. The van der Waals surface area contributed by atoms with Gasteiger partial charge in [0.05, 0.1) is 6.42 Å². The zero-order valence-electron chi connectivity index (χ0n) is 14.9. The highest BCUT2D eigenvalue weighted by Gasteiger charge is 2.17. The van der Waals surface area contributed by atoms with Crippen molar-refractivity contribution < 1.29 is 4.79 Å². The van der Waals surface area contributed by atoms with Crippen molar-refractivity contribution in [2.24, 2.45) is 0 Å². The van der Waals surface area contributed by atoms with Crippen LogP contribution >= 0.6 is 0 Å². The van der Waals surface area contributed by atoms with Crippen molar-refractivity contribution in [3.63, 3.8) is 0 Å². The number of aromatic nitrogens is 1.